The summed E-state index contributed by atoms with van der Waals surface area (Å²) in [5.74, 6) is 1.45. The van der Waals surface area contributed by atoms with Crippen molar-refractivity contribution < 1.29 is 9.53 Å². The monoisotopic (exact) mass is 346 g/mol. The minimum atomic E-state index is -0.252. The first-order chi connectivity index (χ1) is 11.5. The molecule has 0 saturated heterocycles. The molecule has 1 amide bonds. The summed E-state index contributed by atoms with van der Waals surface area (Å²) in [4.78, 5) is 13.7. The Morgan fingerprint density at radius 3 is 2.75 bits per heavy atom. The van der Waals surface area contributed by atoms with E-state index in [1.165, 1.54) is 11.8 Å². The lowest BCUT2D eigenvalue weighted by Crippen LogP contribution is -2.29. The lowest BCUT2D eigenvalue weighted by molar-refractivity contribution is -0.127. The number of hydrogen-bond donors (Lipinski definition) is 0. The van der Waals surface area contributed by atoms with Gasteiger partial charge in [0.15, 0.2) is 11.0 Å². The number of benzene rings is 1. The Morgan fingerprint density at radius 2 is 2.12 bits per heavy atom. The van der Waals surface area contributed by atoms with E-state index >= 15 is 0 Å². The van der Waals surface area contributed by atoms with Crippen molar-refractivity contribution >= 4 is 17.7 Å². The molecule has 0 aliphatic carbocycles. The van der Waals surface area contributed by atoms with Gasteiger partial charge in [0.05, 0.1) is 17.9 Å². The van der Waals surface area contributed by atoms with Gasteiger partial charge in [0, 0.05) is 20.6 Å². The molecule has 0 radical (unpaired) electrons. The van der Waals surface area contributed by atoms with Gasteiger partial charge in [0.25, 0.3) is 0 Å². The number of methoxy groups -OCH3 is 1. The molecule has 2 aromatic rings. The molecule has 0 unspecified atom stereocenters. The molecule has 0 N–H and O–H groups in total. The van der Waals surface area contributed by atoms with Crippen molar-refractivity contribution in [1.82, 2.24) is 19.7 Å². The van der Waals surface area contributed by atoms with Gasteiger partial charge in [0.2, 0.25) is 5.91 Å². The number of thioether (sulfide) groups is 1. The predicted molar refractivity (Wildman–Crippen MR) is 96.2 cm³/mol. The maximum atomic E-state index is 12.1. The fraction of sp³-hybridized carbons (Fsp3) is 0.353. The minimum absolute atomic E-state index is 0.0343. The SMILES string of the molecule is C=CCn1c(S[C@@H](C)C(=O)N(C)C)nnc1-c1ccccc1OC. The van der Waals surface area contributed by atoms with Gasteiger partial charge < -0.3 is 9.64 Å². The summed E-state index contributed by atoms with van der Waals surface area (Å²) in [5, 5.41) is 9.01. The van der Waals surface area contributed by atoms with Crippen LogP contribution in [0.1, 0.15) is 6.92 Å². The molecule has 0 aliphatic heterocycles. The van der Waals surface area contributed by atoms with Crippen LogP contribution in [0.15, 0.2) is 42.1 Å². The molecule has 0 fully saturated rings. The number of amides is 1. The standard InChI is InChI=1S/C17H22N4O2S/c1-6-11-21-15(13-9-7-8-10-14(13)23-5)18-19-17(21)24-12(2)16(22)20(3)4/h6-10,12H,1,11H2,2-5H3/t12-/m0/s1. The van der Waals surface area contributed by atoms with Crippen LogP contribution in [0.5, 0.6) is 5.75 Å². The van der Waals surface area contributed by atoms with Gasteiger partial charge >= 0.3 is 0 Å². The van der Waals surface area contributed by atoms with Crippen molar-refractivity contribution in [2.24, 2.45) is 0 Å². The molecule has 0 bridgehead atoms. The van der Waals surface area contributed by atoms with Crippen LogP contribution in [0.25, 0.3) is 11.4 Å². The molecule has 1 aromatic heterocycles. The first-order valence-corrected chi connectivity index (χ1v) is 8.42. The summed E-state index contributed by atoms with van der Waals surface area (Å²) < 4.78 is 7.36. The molecule has 0 spiro atoms. The molecule has 0 saturated carbocycles. The van der Waals surface area contributed by atoms with Gasteiger partial charge in [-0.3, -0.25) is 9.36 Å². The number of carbonyl (C=O) groups is 1. The molecule has 128 valence electrons. The third kappa shape index (κ3) is 3.79. The molecule has 2 rings (SSSR count). The summed E-state index contributed by atoms with van der Waals surface area (Å²) in [6.45, 7) is 6.22. The van der Waals surface area contributed by atoms with E-state index in [1.54, 1.807) is 32.2 Å². The van der Waals surface area contributed by atoms with Gasteiger partial charge in [-0.15, -0.1) is 16.8 Å². The number of allylic oxidation sites excluding steroid dienone is 1. The predicted octanol–water partition coefficient (Wildman–Crippen LogP) is 2.71. The second kappa shape index (κ2) is 8.01. The van der Waals surface area contributed by atoms with E-state index in [4.69, 9.17) is 4.74 Å². The fourth-order valence-corrected chi connectivity index (χ4v) is 3.27. The minimum Gasteiger partial charge on any atom is -0.496 e. The number of para-hydroxylation sites is 1. The average molecular weight is 346 g/mol. The van der Waals surface area contributed by atoms with Crippen molar-refractivity contribution in [3.8, 4) is 17.1 Å². The lowest BCUT2D eigenvalue weighted by atomic mass is 10.2. The first kappa shape index (κ1) is 18.1. The maximum absolute atomic E-state index is 12.1. The number of rotatable bonds is 7. The number of ether oxygens (including phenoxy) is 1. The van der Waals surface area contributed by atoms with Gasteiger partial charge in [-0.2, -0.15) is 0 Å². The van der Waals surface area contributed by atoms with Crippen molar-refractivity contribution in [2.45, 2.75) is 23.9 Å². The van der Waals surface area contributed by atoms with Crippen LogP contribution in [-0.4, -0.2) is 52.0 Å². The fourth-order valence-electron chi connectivity index (χ4n) is 2.27. The lowest BCUT2D eigenvalue weighted by Gasteiger charge is -2.16. The Bertz CT molecular complexity index is 727. The average Bonchev–Trinajstić information content (AvgIpc) is 2.96. The summed E-state index contributed by atoms with van der Waals surface area (Å²) in [6.07, 6.45) is 1.78. The molecule has 0 aliphatic rings. The highest BCUT2D eigenvalue weighted by molar-refractivity contribution is 8.00. The van der Waals surface area contributed by atoms with E-state index < -0.39 is 0 Å². The smallest absolute Gasteiger partial charge is 0.235 e. The number of carbonyl (C=O) groups excluding carboxylic acids is 1. The van der Waals surface area contributed by atoms with Crippen LogP contribution in [0.3, 0.4) is 0 Å². The summed E-state index contributed by atoms with van der Waals surface area (Å²) in [7, 11) is 5.11. The van der Waals surface area contributed by atoms with Crippen LogP contribution < -0.4 is 4.74 Å². The van der Waals surface area contributed by atoms with Crippen molar-refractivity contribution in [1.29, 1.82) is 0 Å². The highest BCUT2D eigenvalue weighted by atomic mass is 32.2. The number of aromatic nitrogens is 3. The van der Waals surface area contributed by atoms with Crippen LogP contribution in [-0.2, 0) is 11.3 Å². The molecule has 24 heavy (non-hydrogen) atoms. The van der Waals surface area contributed by atoms with Gasteiger partial charge in [0.1, 0.15) is 5.75 Å². The third-order valence-corrected chi connectivity index (χ3v) is 4.52. The molecular weight excluding hydrogens is 324 g/mol. The molecule has 1 atom stereocenters. The summed E-state index contributed by atoms with van der Waals surface area (Å²) in [5.41, 5.74) is 0.854. The number of hydrogen-bond acceptors (Lipinski definition) is 5. The Kier molecular flexibility index (Phi) is 6.03. The Morgan fingerprint density at radius 1 is 1.42 bits per heavy atom. The molecule has 1 aromatic carbocycles. The third-order valence-electron chi connectivity index (χ3n) is 3.45. The molecule has 6 nitrogen and oxygen atoms in total. The maximum Gasteiger partial charge on any atom is 0.235 e. The highest BCUT2D eigenvalue weighted by Gasteiger charge is 2.22. The van der Waals surface area contributed by atoms with Crippen LogP contribution in [0.4, 0.5) is 0 Å². The normalized spacial score (nSPS) is 11.8. The summed E-state index contributed by atoms with van der Waals surface area (Å²) in [6, 6.07) is 7.65. The van der Waals surface area contributed by atoms with E-state index in [0.717, 1.165) is 11.3 Å². The first-order valence-electron chi connectivity index (χ1n) is 7.54. The Hall–Kier alpha value is -2.28. The van der Waals surface area contributed by atoms with E-state index in [-0.39, 0.29) is 11.2 Å². The largest absolute Gasteiger partial charge is 0.496 e. The van der Waals surface area contributed by atoms with Crippen molar-refractivity contribution in [3.05, 3.63) is 36.9 Å². The van der Waals surface area contributed by atoms with Crippen molar-refractivity contribution in [2.75, 3.05) is 21.2 Å². The zero-order chi connectivity index (χ0) is 17.7. The zero-order valence-electron chi connectivity index (χ0n) is 14.4. The van der Waals surface area contributed by atoms with Crippen LogP contribution >= 0.6 is 11.8 Å². The molecular formula is C17H22N4O2S. The van der Waals surface area contributed by atoms with Gasteiger partial charge in [-0.25, -0.2) is 0 Å². The highest BCUT2D eigenvalue weighted by Crippen LogP contribution is 2.32. The topological polar surface area (TPSA) is 60.2 Å². The quantitative estimate of drug-likeness (QED) is 0.570. The number of nitrogens with zero attached hydrogens (tertiary/aromatic N) is 4. The Balaban J connectivity index is 2.40. The van der Waals surface area contributed by atoms with E-state index in [2.05, 4.69) is 16.8 Å². The second-order valence-electron chi connectivity index (χ2n) is 5.40. The summed E-state index contributed by atoms with van der Waals surface area (Å²) >= 11 is 1.39. The molecule has 1 heterocycles. The zero-order valence-corrected chi connectivity index (χ0v) is 15.2. The Labute approximate surface area is 146 Å². The van der Waals surface area contributed by atoms with Gasteiger partial charge in [-0.1, -0.05) is 30.0 Å². The van der Waals surface area contributed by atoms with E-state index in [0.29, 0.717) is 17.5 Å². The molecule has 7 heteroatoms. The second-order valence-corrected chi connectivity index (χ2v) is 6.71. The van der Waals surface area contributed by atoms with Crippen LogP contribution in [0, 0.1) is 0 Å². The van der Waals surface area contributed by atoms with E-state index in [9.17, 15) is 4.79 Å². The van der Waals surface area contributed by atoms with Crippen LogP contribution in [0.2, 0.25) is 0 Å². The van der Waals surface area contributed by atoms with E-state index in [1.807, 2.05) is 35.8 Å². The van der Waals surface area contributed by atoms with Gasteiger partial charge in [-0.05, 0) is 19.1 Å². The van der Waals surface area contributed by atoms with Crippen molar-refractivity contribution in [3.63, 3.8) is 0 Å².